The minimum Gasteiger partial charge on any atom is -0.355 e. The number of aryl methyl sites for hydroxylation is 2. The van der Waals surface area contributed by atoms with Crippen molar-refractivity contribution in [1.29, 1.82) is 0 Å². The number of halogens is 2. The molecular weight excluding hydrogens is 545 g/mol. The zero-order valence-corrected chi connectivity index (χ0v) is 24.1. The molecule has 1 N–H and O–H groups in total. The van der Waals surface area contributed by atoms with Crippen LogP contribution in [0.4, 0.5) is 5.69 Å². The monoisotopic (exact) mass is 575 g/mol. The number of nitrogens with one attached hydrogen (secondary N) is 1. The molecule has 0 aliphatic heterocycles. The summed E-state index contributed by atoms with van der Waals surface area (Å²) in [6, 6.07) is 17.4. The van der Waals surface area contributed by atoms with Gasteiger partial charge in [0.1, 0.15) is 12.6 Å². The molecule has 0 heterocycles. The molecule has 0 aliphatic carbocycles. The molecule has 0 fully saturated rings. The van der Waals surface area contributed by atoms with Crippen LogP contribution >= 0.6 is 23.2 Å². The predicted octanol–water partition coefficient (Wildman–Crippen LogP) is 5.36. The van der Waals surface area contributed by atoms with Crippen LogP contribution in [0.5, 0.6) is 0 Å². The summed E-state index contributed by atoms with van der Waals surface area (Å²) in [5.74, 6) is -0.899. The van der Waals surface area contributed by atoms with Gasteiger partial charge in [0.25, 0.3) is 10.0 Å². The first-order valence-corrected chi connectivity index (χ1v) is 14.3. The molecule has 0 radical (unpaired) electrons. The summed E-state index contributed by atoms with van der Waals surface area (Å²) < 4.78 is 28.6. The molecular formula is C28H31Cl2N3O4S. The van der Waals surface area contributed by atoms with E-state index in [1.807, 2.05) is 38.1 Å². The lowest BCUT2D eigenvalue weighted by atomic mass is 10.1. The van der Waals surface area contributed by atoms with Crippen molar-refractivity contribution in [3.63, 3.8) is 0 Å². The van der Waals surface area contributed by atoms with Crippen molar-refractivity contribution >= 4 is 50.7 Å². The van der Waals surface area contributed by atoms with Crippen LogP contribution in [0.2, 0.25) is 10.0 Å². The predicted molar refractivity (Wildman–Crippen MR) is 152 cm³/mol. The Morgan fingerprint density at radius 2 is 1.55 bits per heavy atom. The van der Waals surface area contributed by atoms with Gasteiger partial charge in [0.05, 0.1) is 10.6 Å². The molecule has 38 heavy (non-hydrogen) atoms. The normalized spacial score (nSPS) is 12.1. The Hall–Kier alpha value is -3.07. The van der Waals surface area contributed by atoms with Crippen LogP contribution < -0.4 is 9.62 Å². The number of hydrogen-bond donors (Lipinski definition) is 1. The molecule has 0 bridgehead atoms. The smallest absolute Gasteiger partial charge is 0.264 e. The second kappa shape index (κ2) is 12.7. The van der Waals surface area contributed by atoms with Gasteiger partial charge in [0, 0.05) is 23.1 Å². The number of carbonyl (C=O) groups excluding carboxylic acids is 2. The van der Waals surface area contributed by atoms with E-state index in [4.69, 9.17) is 23.2 Å². The van der Waals surface area contributed by atoms with E-state index in [1.54, 1.807) is 26.0 Å². The molecule has 0 aromatic heterocycles. The van der Waals surface area contributed by atoms with Crippen molar-refractivity contribution in [3.05, 3.63) is 93.5 Å². The lowest BCUT2D eigenvalue weighted by Gasteiger charge is -2.32. The van der Waals surface area contributed by atoms with E-state index < -0.39 is 28.5 Å². The summed E-state index contributed by atoms with van der Waals surface area (Å²) in [5.41, 5.74) is 2.83. The fourth-order valence-electron chi connectivity index (χ4n) is 3.96. The standard InChI is InChI=1S/C28H31Cl2N3O4S/c1-5-31-28(35)21(4)32(17-22-8-6-7-20(3)13-22)27(34)18-33(25-15-23(29)14-24(30)16-25)38(36,37)26-11-9-19(2)10-12-26/h6-16,21H,5,17-18H2,1-4H3,(H,31,35). The quantitative estimate of drug-likeness (QED) is 0.352. The summed E-state index contributed by atoms with van der Waals surface area (Å²) in [5, 5.41) is 3.18. The zero-order valence-electron chi connectivity index (χ0n) is 21.7. The van der Waals surface area contributed by atoms with Gasteiger partial charge in [-0.3, -0.25) is 13.9 Å². The maximum atomic E-state index is 13.8. The van der Waals surface area contributed by atoms with Gasteiger partial charge in [-0.15, -0.1) is 0 Å². The Kier molecular flexibility index (Phi) is 9.82. The number of nitrogens with zero attached hydrogens (tertiary/aromatic N) is 2. The average molecular weight is 577 g/mol. The Labute approximate surface area is 234 Å². The summed E-state index contributed by atoms with van der Waals surface area (Å²) in [4.78, 5) is 28.0. The molecule has 7 nitrogen and oxygen atoms in total. The third-order valence-corrected chi connectivity index (χ3v) is 8.20. The average Bonchev–Trinajstić information content (AvgIpc) is 2.85. The molecule has 1 unspecified atom stereocenters. The van der Waals surface area contributed by atoms with Gasteiger partial charge in [-0.2, -0.15) is 0 Å². The Bertz CT molecular complexity index is 1390. The lowest BCUT2D eigenvalue weighted by molar-refractivity contribution is -0.139. The number of hydrogen-bond acceptors (Lipinski definition) is 4. The number of benzene rings is 3. The Morgan fingerprint density at radius 1 is 0.921 bits per heavy atom. The third-order valence-electron chi connectivity index (χ3n) is 5.98. The highest BCUT2D eigenvalue weighted by atomic mass is 35.5. The highest BCUT2D eigenvalue weighted by molar-refractivity contribution is 7.92. The maximum Gasteiger partial charge on any atom is 0.264 e. The van der Waals surface area contributed by atoms with Gasteiger partial charge in [-0.1, -0.05) is 70.7 Å². The van der Waals surface area contributed by atoms with E-state index in [0.29, 0.717) is 6.54 Å². The summed E-state index contributed by atoms with van der Waals surface area (Å²) >= 11 is 12.4. The van der Waals surface area contributed by atoms with Crippen LogP contribution in [-0.2, 0) is 26.2 Å². The molecule has 10 heteroatoms. The van der Waals surface area contributed by atoms with Crippen LogP contribution in [0.25, 0.3) is 0 Å². The summed E-state index contributed by atoms with van der Waals surface area (Å²) in [6.45, 7) is 7.13. The topological polar surface area (TPSA) is 86.8 Å². The molecule has 2 amide bonds. The second-order valence-electron chi connectivity index (χ2n) is 9.03. The van der Waals surface area contributed by atoms with Crippen LogP contribution in [0.1, 0.15) is 30.5 Å². The van der Waals surface area contributed by atoms with Gasteiger partial charge in [0.2, 0.25) is 11.8 Å². The largest absolute Gasteiger partial charge is 0.355 e. The van der Waals surface area contributed by atoms with Crippen molar-refractivity contribution < 1.29 is 18.0 Å². The van der Waals surface area contributed by atoms with Crippen molar-refractivity contribution in [2.75, 3.05) is 17.4 Å². The minimum atomic E-state index is -4.20. The van der Waals surface area contributed by atoms with Crippen LogP contribution in [-0.4, -0.2) is 44.3 Å². The van der Waals surface area contributed by atoms with E-state index >= 15 is 0 Å². The number of rotatable bonds is 10. The minimum absolute atomic E-state index is 0.00834. The fourth-order valence-corrected chi connectivity index (χ4v) is 5.87. The van der Waals surface area contributed by atoms with E-state index in [9.17, 15) is 18.0 Å². The summed E-state index contributed by atoms with van der Waals surface area (Å²) in [7, 11) is -4.20. The van der Waals surface area contributed by atoms with Crippen molar-refractivity contribution in [2.45, 2.75) is 45.2 Å². The molecule has 0 aliphatic rings. The zero-order chi connectivity index (χ0) is 28.0. The van der Waals surface area contributed by atoms with E-state index in [1.165, 1.54) is 35.2 Å². The van der Waals surface area contributed by atoms with Gasteiger partial charge in [0.15, 0.2) is 0 Å². The molecule has 3 aromatic rings. The molecule has 0 spiro atoms. The SMILES string of the molecule is CCNC(=O)C(C)N(Cc1cccc(C)c1)C(=O)CN(c1cc(Cl)cc(Cl)c1)S(=O)(=O)c1ccc(C)cc1. The molecule has 0 saturated carbocycles. The summed E-state index contributed by atoms with van der Waals surface area (Å²) in [6.07, 6.45) is 0. The van der Waals surface area contributed by atoms with Gasteiger partial charge in [-0.25, -0.2) is 8.42 Å². The molecule has 202 valence electrons. The highest BCUT2D eigenvalue weighted by Crippen LogP contribution is 2.30. The second-order valence-corrected chi connectivity index (χ2v) is 11.8. The number of carbonyl (C=O) groups is 2. The first kappa shape index (κ1) is 29.5. The van der Waals surface area contributed by atoms with E-state index in [0.717, 1.165) is 21.0 Å². The number of amides is 2. The number of anilines is 1. The van der Waals surface area contributed by atoms with Crippen molar-refractivity contribution in [3.8, 4) is 0 Å². The third kappa shape index (κ3) is 7.28. The first-order chi connectivity index (χ1) is 17.9. The van der Waals surface area contributed by atoms with E-state index in [2.05, 4.69) is 5.32 Å². The lowest BCUT2D eigenvalue weighted by Crippen LogP contribution is -2.51. The van der Waals surface area contributed by atoms with Crippen LogP contribution in [0, 0.1) is 13.8 Å². The highest BCUT2D eigenvalue weighted by Gasteiger charge is 2.32. The fraction of sp³-hybridized carbons (Fsp3) is 0.286. The maximum absolute atomic E-state index is 13.8. The van der Waals surface area contributed by atoms with Crippen LogP contribution in [0.15, 0.2) is 71.6 Å². The first-order valence-electron chi connectivity index (χ1n) is 12.1. The number of likely N-dealkylation sites (N-methyl/N-ethyl adjacent to an activating group) is 1. The van der Waals surface area contributed by atoms with E-state index in [-0.39, 0.29) is 33.1 Å². The Morgan fingerprint density at radius 3 is 2.13 bits per heavy atom. The number of sulfonamides is 1. The van der Waals surface area contributed by atoms with Crippen molar-refractivity contribution in [1.82, 2.24) is 10.2 Å². The molecule has 1 atom stereocenters. The molecule has 3 rings (SSSR count). The molecule has 3 aromatic carbocycles. The van der Waals surface area contributed by atoms with Crippen molar-refractivity contribution in [2.24, 2.45) is 0 Å². The molecule has 0 saturated heterocycles. The van der Waals surface area contributed by atoms with Crippen LogP contribution in [0.3, 0.4) is 0 Å². The van der Waals surface area contributed by atoms with Gasteiger partial charge in [-0.05, 0) is 63.6 Å². The van der Waals surface area contributed by atoms with Gasteiger partial charge >= 0.3 is 0 Å². The van der Waals surface area contributed by atoms with Gasteiger partial charge < -0.3 is 10.2 Å². The Balaban J connectivity index is 2.07.